The molecule has 0 aromatic carbocycles. The van der Waals surface area contributed by atoms with Gasteiger partial charge in [-0.25, -0.2) is 0 Å². The molecule has 0 radical (unpaired) electrons. The molecule has 70 valence electrons. The Kier molecular flexibility index (Phi) is 3.19. The number of piperazine rings is 1. The van der Waals surface area contributed by atoms with E-state index in [0.29, 0.717) is 18.1 Å². The van der Waals surface area contributed by atoms with Crippen molar-refractivity contribution >= 4 is 7.98 Å². The smallest absolute Gasteiger partial charge is 0.186 e. The molecule has 1 unspecified atom stereocenters. The predicted octanol–water partition coefficient (Wildman–Crippen LogP) is 0.337. The monoisotopic (exact) mass is 168 g/mol. The maximum absolute atomic E-state index is 2.56. The molecule has 0 aliphatic carbocycles. The van der Waals surface area contributed by atoms with Gasteiger partial charge in [-0.3, -0.25) is 4.90 Å². The standard InChI is InChI=1S/C9H21BN2/c1-7(2)11-5-8(3)12(10)9(4)6-11/h7-9H,5-6,10H2,1-4H3/t8-,9?/m1/s1. The van der Waals surface area contributed by atoms with Gasteiger partial charge in [-0.05, 0) is 27.7 Å². The second-order valence-corrected chi connectivity index (χ2v) is 4.41. The van der Waals surface area contributed by atoms with Crippen LogP contribution < -0.4 is 0 Å². The second kappa shape index (κ2) is 3.80. The molecule has 0 spiro atoms. The Morgan fingerprint density at radius 1 is 1.17 bits per heavy atom. The summed E-state index contributed by atoms with van der Waals surface area (Å²) >= 11 is 0. The van der Waals surface area contributed by atoms with E-state index in [9.17, 15) is 0 Å². The van der Waals surface area contributed by atoms with E-state index in [-0.39, 0.29) is 0 Å². The summed E-state index contributed by atoms with van der Waals surface area (Å²) in [6.45, 7) is 11.6. The van der Waals surface area contributed by atoms with Crippen molar-refractivity contribution in [1.29, 1.82) is 0 Å². The number of hydrogen-bond acceptors (Lipinski definition) is 2. The molecular weight excluding hydrogens is 147 g/mol. The van der Waals surface area contributed by atoms with Crippen molar-refractivity contribution in [3.05, 3.63) is 0 Å². The molecule has 0 N–H and O–H groups in total. The third-order valence-electron chi connectivity index (χ3n) is 3.12. The van der Waals surface area contributed by atoms with Crippen LogP contribution in [0.4, 0.5) is 0 Å². The normalized spacial score (nSPS) is 34.4. The zero-order valence-corrected chi connectivity index (χ0v) is 9.04. The van der Waals surface area contributed by atoms with Gasteiger partial charge in [0.1, 0.15) is 0 Å². The van der Waals surface area contributed by atoms with Crippen molar-refractivity contribution in [2.75, 3.05) is 13.1 Å². The first-order chi connectivity index (χ1) is 5.52. The van der Waals surface area contributed by atoms with Gasteiger partial charge in [0.15, 0.2) is 7.98 Å². The summed E-state index contributed by atoms with van der Waals surface area (Å²) in [7, 11) is 2.23. The van der Waals surface area contributed by atoms with Gasteiger partial charge in [0.05, 0.1) is 0 Å². The van der Waals surface area contributed by atoms with Gasteiger partial charge in [0.2, 0.25) is 0 Å². The van der Waals surface area contributed by atoms with Gasteiger partial charge in [-0.15, -0.1) is 0 Å². The fraction of sp³-hybridized carbons (Fsp3) is 1.00. The molecule has 1 aliphatic heterocycles. The Hall–Kier alpha value is -0.0151. The molecule has 1 aliphatic rings. The van der Waals surface area contributed by atoms with Crippen molar-refractivity contribution in [1.82, 2.24) is 9.71 Å². The number of rotatable bonds is 1. The summed E-state index contributed by atoms with van der Waals surface area (Å²) in [5.74, 6) is 0. The lowest BCUT2D eigenvalue weighted by atomic mass is 10.0. The summed E-state index contributed by atoms with van der Waals surface area (Å²) in [6.07, 6.45) is 0. The molecule has 3 heteroatoms. The lowest BCUT2D eigenvalue weighted by molar-refractivity contribution is 0.0804. The third-order valence-corrected chi connectivity index (χ3v) is 3.12. The SMILES string of the molecule is BN1C(C)CN(C(C)C)C[C@H]1C. The minimum Gasteiger partial charge on any atom is -0.342 e. The zero-order chi connectivity index (χ0) is 9.30. The van der Waals surface area contributed by atoms with Gasteiger partial charge in [0, 0.05) is 31.2 Å². The van der Waals surface area contributed by atoms with Crippen LogP contribution >= 0.6 is 0 Å². The first kappa shape index (κ1) is 10.1. The molecule has 0 amide bonds. The van der Waals surface area contributed by atoms with Crippen molar-refractivity contribution in [3.8, 4) is 0 Å². The predicted molar refractivity (Wildman–Crippen MR) is 56.0 cm³/mol. The van der Waals surface area contributed by atoms with Crippen LogP contribution in [0.2, 0.25) is 0 Å². The highest BCUT2D eigenvalue weighted by Crippen LogP contribution is 2.14. The van der Waals surface area contributed by atoms with Gasteiger partial charge < -0.3 is 4.81 Å². The third kappa shape index (κ3) is 2.02. The quantitative estimate of drug-likeness (QED) is 0.521. The summed E-state index contributed by atoms with van der Waals surface area (Å²) < 4.78 is 0. The molecule has 1 fully saturated rings. The second-order valence-electron chi connectivity index (χ2n) is 4.41. The molecular formula is C9H21BN2. The summed E-state index contributed by atoms with van der Waals surface area (Å²) in [6, 6.07) is 2.11. The minimum atomic E-state index is 0.698. The number of hydrogen-bond donors (Lipinski definition) is 0. The molecule has 0 aromatic heterocycles. The highest BCUT2D eigenvalue weighted by atomic mass is 15.3. The van der Waals surface area contributed by atoms with Crippen LogP contribution in [0.25, 0.3) is 0 Å². The molecule has 0 bridgehead atoms. The van der Waals surface area contributed by atoms with E-state index >= 15 is 0 Å². The van der Waals surface area contributed by atoms with E-state index in [0.717, 1.165) is 0 Å². The van der Waals surface area contributed by atoms with Crippen LogP contribution in [-0.4, -0.2) is 48.9 Å². The molecule has 12 heavy (non-hydrogen) atoms. The first-order valence-corrected chi connectivity index (χ1v) is 4.98. The average Bonchev–Trinajstić information content (AvgIpc) is 1.99. The molecule has 1 saturated heterocycles. The molecule has 0 aromatic rings. The summed E-state index contributed by atoms with van der Waals surface area (Å²) in [4.78, 5) is 5.04. The van der Waals surface area contributed by atoms with E-state index in [1.54, 1.807) is 0 Å². The van der Waals surface area contributed by atoms with Crippen molar-refractivity contribution in [2.24, 2.45) is 0 Å². The van der Waals surface area contributed by atoms with Crippen LogP contribution in [0.5, 0.6) is 0 Å². The van der Waals surface area contributed by atoms with E-state index in [1.165, 1.54) is 13.1 Å². The molecule has 1 rings (SSSR count). The first-order valence-electron chi connectivity index (χ1n) is 4.98. The fourth-order valence-corrected chi connectivity index (χ4v) is 1.87. The van der Waals surface area contributed by atoms with Gasteiger partial charge in [-0.1, -0.05) is 0 Å². The highest BCUT2D eigenvalue weighted by Gasteiger charge is 2.26. The van der Waals surface area contributed by atoms with Gasteiger partial charge in [-0.2, -0.15) is 0 Å². The van der Waals surface area contributed by atoms with E-state index < -0.39 is 0 Å². The van der Waals surface area contributed by atoms with E-state index in [2.05, 4.69) is 45.4 Å². The van der Waals surface area contributed by atoms with E-state index in [4.69, 9.17) is 0 Å². The van der Waals surface area contributed by atoms with Crippen LogP contribution in [-0.2, 0) is 0 Å². The molecule has 2 atom stereocenters. The Morgan fingerprint density at radius 2 is 1.58 bits per heavy atom. The van der Waals surface area contributed by atoms with Crippen molar-refractivity contribution in [3.63, 3.8) is 0 Å². The maximum atomic E-state index is 2.56. The molecule has 1 heterocycles. The minimum absolute atomic E-state index is 0.698. The summed E-state index contributed by atoms with van der Waals surface area (Å²) in [5, 5.41) is 0. The molecule has 0 saturated carbocycles. The largest absolute Gasteiger partial charge is 0.342 e. The van der Waals surface area contributed by atoms with Gasteiger partial charge >= 0.3 is 0 Å². The Morgan fingerprint density at radius 3 is 1.92 bits per heavy atom. The Bertz CT molecular complexity index is 137. The van der Waals surface area contributed by atoms with E-state index in [1.807, 2.05) is 0 Å². The Balaban J connectivity index is 2.53. The maximum Gasteiger partial charge on any atom is 0.186 e. The van der Waals surface area contributed by atoms with Crippen molar-refractivity contribution < 1.29 is 0 Å². The van der Waals surface area contributed by atoms with Gasteiger partial charge in [0.25, 0.3) is 0 Å². The van der Waals surface area contributed by atoms with Crippen LogP contribution in [0, 0.1) is 0 Å². The fourth-order valence-electron chi connectivity index (χ4n) is 1.87. The topological polar surface area (TPSA) is 6.48 Å². The van der Waals surface area contributed by atoms with Crippen molar-refractivity contribution in [2.45, 2.75) is 45.8 Å². The number of nitrogens with zero attached hydrogens (tertiary/aromatic N) is 2. The van der Waals surface area contributed by atoms with Crippen LogP contribution in [0.1, 0.15) is 27.7 Å². The van der Waals surface area contributed by atoms with Crippen LogP contribution in [0.15, 0.2) is 0 Å². The molecule has 2 nitrogen and oxygen atoms in total. The lowest BCUT2D eigenvalue weighted by Gasteiger charge is -2.44. The van der Waals surface area contributed by atoms with Crippen LogP contribution in [0.3, 0.4) is 0 Å². The lowest BCUT2D eigenvalue weighted by Crippen LogP contribution is -2.57. The zero-order valence-electron chi connectivity index (χ0n) is 9.04. The highest BCUT2D eigenvalue weighted by molar-refractivity contribution is 6.04. The average molecular weight is 168 g/mol. The summed E-state index contributed by atoms with van der Waals surface area (Å²) in [5.41, 5.74) is 0. The Labute approximate surface area is 77.3 Å².